The van der Waals surface area contributed by atoms with Crippen LogP contribution in [0.3, 0.4) is 0 Å². The molecule has 1 unspecified atom stereocenters. The highest BCUT2D eigenvalue weighted by Gasteiger charge is 2.04. The molecular weight excluding hydrogens is 276 g/mol. The maximum absolute atomic E-state index is 9.96. The van der Waals surface area contributed by atoms with E-state index < -0.39 is 6.10 Å². The molecule has 0 saturated carbocycles. The van der Waals surface area contributed by atoms with Crippen molar-refractivity contribution in [2.45, 2.75) is 18.9 Å². The number of benzene rings is 1. The van der Waals surface area contributed by atoms with Gasteiger partial charge in [-0.15, -0.1) is 0 Å². The van der Waals surface area contributed by atoms with E-state index in [-0.39, 0.29) is 0 Å². The third-order valence-electron chi connectivity index (χ3n) is 2.76. The second-order valence-corrected chi connectivity index (χ2v) is 5.09. The van der Waals surface area contributed by atoms with Gasteiger partial charge in [0.15, 0.2) is 0 Å². The first-order valence-corrected chi connectivity index (χ1v) is 6.51. The molecule has 1 N–H and O–H groups in total. The average Bonchev–Trinajstić information content (AvgIpc) is 2.39. The topological polar surface area (TPSA) is 20.2 Å². The summed E-state index contributed by atoms with van der Waals surface area (Å²) in [5, 5.41) is 9.96. The van der Waals surface area contributed by atoms with Crippen LogP contribution in [0.1, 0.15) is 24.5 Å². The van der Waals surface area contributed by atoms with E-state index in [2.05, 4.69) is 28.1 Å². The van der Waals surface area contributed by atoms with Crippen LogP contribution in [0.25, 0.3) is 0 Å². The largest absolute Gasteiger partial charge is 0.384 e. The van der Waals surface area contributed by atoms with Crippen molar-refractivity contribution in [2.24, 2.45) is 0 Å². The van der Waals surface area contributed by atoms with Crippen molar-refractivity contribution in [1.82, 2.24) is 0 Å². The van der Waals surface area contributed by atoms with Crippen molar-refractivity contribution in [3.63, 3.8) is 0 Å². The van der Waals surface area contributed by atoms with E-state index in [4.69, 9.17) is 0 Å². The minimum Gasteiger partial charge on any atom is -0.384 e. The molecular formula is C15H15BrO. The van der Waals surface area contributed by atoms with Crippen LogP contribution < -0.4 is 0 Å². The maximum Gasteiger partial charge on any atom is 0.0974 e. The zero-order valence-electron chi connectivity index (χ0n) is 9.51. The van der Waals surface area contributed by atoms with E-state index in [0.717, 1.165) is 18.4 Å². The minimum atomic E-state index is -0.522. The molecule has 0 heterocycles. The van der Waals surface area contributed by atoms with E-state index in [1.165, 1.54) is 10.1 Å². The molecule has 0 fully saturated rings. The van der Waals surface area contributed by atoms with Gasteiger partial charge in [0, 0.05) is 0 Å². The summed E-state index contributed by atoms with van der Waals surface area (Å²) in [6.07, 6.45) is 9.54. The first-order chi connectivity index (χ1) is 8.25. The van der Waals surface area contributed by atoms with Gasteiger partial charge in [-0.1, -0.05) is 70.6 Å². The Balaban J connectivity index is 2.02. The third-order valence-corrected chi connectivity index (χ3v) is 3.43. The van der Waals surface area contributed by atoms with Gasteiger partial charge in [-0.2, -0.15) is 0 Å². The van der Waals surface area contributed by atoms with Gasteiger partial charge in [0.2, 0.25) is 0 Å². The zero-order chi connectivity index (χ0) is 12.1. The number of halogens is 1. The molecule has 2 rings (SSSR count). The first-order valence-electron chi connectivity index (χ1n) is 5.72. The molecule has 88 valence electrons. The van der Waals surface area contributed by atoms with Crippen LogP contribution in [0.5, 0.6) is 0 Å². The molecule has 1 aliphatic rings. The fourth-order valence-electron chi connectivity index (χ4n) is 1.74. The van der Waals surface area contributed by atoms with Crippen molar-refractivity contribution >= 4 is 15.9 Å². The van der Waals surface area contributed by atoms with Crippen LogP contribution in [-0.2, 0) is 0 Å². The van der Waals surface area contributed by atoms with Crippen LogP contribution in [0.4, 0.5) is 0 Å². The normalized spacial score (nSPS) is 17.8. The Morgan fingerprint density at radius 2 is 1.88 bits per heavy atom. The van der Waals surface area contributed by atoms with Crippen molar-refractivity contribution < 1.29 is 5.11 Å². The second-order valence-electron chi connectivity index (χ2n) is 4.07. The number of hydrogen-bond donors (Lipinski definition) is 1. The molecule has 0 saturated heterocycles. The quantitative estimate of drug-likeness (QED) is 0.881. The van der Waals surface area contributed by atoms with Gasteiger partial charge in [0.05, 0.1) is 6.10 Å². The van der Waals surface area contributed by atoms with E-state index >= 15 is 0 Å². The molecule has 0 radical (unpaired) electrons. The third kappa shape index (κ3) is 3.69. The Morgan fingerprint density at radius 3 is 2.53 bits per heavy atom. The minimum absolute atomic E-state index is 0.522. The van der Waals surface area contributed by atoms with Crippen molar-refractivity contribution in [1.29, 1.82) is 0 Å². The van der Waals surface area contributed by atoms with Gasteiger partial charge >= 0.3 is 0 Å². The lowest BCUT2D eigenvalue weighted by molar-refractivity contribution is 0.228. The standard InChI is InChI=1S/C15H15BrO/c16-14-9-6-12(7-10-14)8-11-15(17)13-4-2-1-3-5-13/h1-6,8-9,11,15,17H,7,10H2/b11-8+. The number of rotatable bonds is 3. The fourth-order valence-corrected chi connectivity index (χ4v) is 2.07. The molecule has 2 heteroatoms. The van der Waals surface area contributed by atoms with Gasteiger partial charge in [0.1, 0.15) is 0 Å². The highest BCUT2D eigenvalue weighted by Crippen LogP contribution is 2.24. The van der Waals surface area contributed by atoms with Crippen molar-refractivity contribution in [3.05, 3.63) is 70.3 Å². The summed E-state index contributed by atoms with van der Waals surface area (Å²) in [7, 11) is 0. The maximum atomic E-state index is 9.96. The summed E-state index contributed by atoms with van der Waals surface area (Å²) >= 11 is 3.48. The molecule has 0 aromatic heterocycles. The SMILES string of the molecule is OC(/C=C/C1=CC=C(Br)CC1)c1ccccc1. The number of aliphatic hydroxyl groups is 1. The van der Waals surface area contributed by atoms with Crippen molar-refractivity contribution in [2.75, 3.05) is 0 Å². The van der Waals surface area contributed by atoms with E-state index in [9.17, 15) is 5.11 Å². The average molecular weight is 291 g/mol. The summed E-state index contributed by atoms with van der Waals surface area (Å²) in [6, 6.07) is 9.69. The van der Waals surface area contributed by atoms with Crippen LogP contribution in [0.2, 0.25) is 0 Å². The molecule has 0 bridgehead atoms. The summed E-state index contributed by atoms with van der Waals surface area (Å²) in [5.74, 6) is 0. The predicted octanol–water partition coefficient (Wildman–Crippen LogP) is 4.28. The zero-order valence-corrected chi connectivity index (χ0v) is 11.1. The summed E-state index contributed by atoms with van der Waals surface area (Å²) < 4.78 is 1.23. The first kappa shape index (κ1) is 12.3. The second kappa shape index (κ2) is 5.99. The van der Waals surface area contributed by atoms with Gasteiger partial charge in [0.25, 0.3) is 0 Å². The summed E-state index contributed by atoms with van der Waals surface area (Å²) in [6.45, 7) is 0. The number of hydrogen-bond acceptors (Lipinski definition) is 1. The van der Waals surface area contributed by atoms with Crippen LogP contribution >= 0.6 is 15.9 Å². The summed E-state index contributed by atoms with van der Waals surface area (Å²) in [4.78, 5) is 0. The molecule has 1 aliphatic carbocycles. The Kier molecular flexibility index (Phi) is 4.35. The fraction of sp³-hybridized carbons (Fsp3) is 0.200. The molecule has 1 atom stereocenters. The lowest BCUT2D eigenvalue weighted by atomic mass is 10.0. The molecule has 17 heavy (non-hydrogen) atoms. The molecule has 0 spiro atoms. The Hall–Kier alpha value is -1.12. The predicted molar refractivity (Wildman–Crippen MR) is 74.9 cm³/mol. The van der Waals surface area contributed by atoms with Gasteiger partial charge in [-0.05, 0) is 28.5 Å². The van der Waals surface area contributed by atoms with Gasteiger partial charge in [-0.3, -0.25) is 0 Å². The van der Waals surface area contributed by atoms with Crippen molar-refractivity contribution in [3.8, 4) is 0 Å². The summed E-state index contributed by atoms with van der Waals surface area (Å²) in [5.41, 5.74) is 2.18. The van der Waals surface area contributed by atoms with E-state index in [1.54, 1.807) is 0 Å². The van der Waals surface area contributed by atoms with Crippen LogP contribution in [0, 0.1) is 0 Å². The molecule has 1 nitrogen and oxygen atoms in total. The lowest BCUT2D eigenvalue weighted by Gasteiger charge is -2.09. The number of aliphatic hydroxyl groups excluding tert-OH is 1. The molecule has 0 amide bonds. The number of allylic oxidation sites excluding steroid dienone is 5. The molecule has 1 aromatic carbocycles. The molecule has 0 aliphatic heterocycles. The Morgan fingerprint density at radius 1 is 1.12 bits per heavy atom. The van der Waals surface area contributed by atoms with E-state index in [1.807, 2.05) is 42.5 Å². The lowest BCUT2D eigenvalue weighted by Crippen LogP contribution is -1.93. The van der Waals surface area contributed by atoms with Crippen LogP contribution in [-0.4, -0.2) is 5.11 Å². The van der Waals surface area contributed by atoms with Gasteiger partial charge in [-0.25, -0.2) is 0 Å². The van der Waals surface area contributed by atoms with Crippen LogP contribution in [0.15, 0.2) is 64.7 Å². The smallest absolute Gasteiger partial charge is 0.0974 e. The highest BCUT2D eigenvalue weighted by atomic mass is 79.9. The highest BCUT2D eigenvalue weighted by molar-refractivity contribution is 9.11. The van der Waals surface area contributed by atoms with E-state index in [0.29, 0.717) is 0 Å². The van der Waals surface area contributed by atoms with Gasteiger partial charge < -0.3 is 5.11 Å². The monoisotopic (exact) mass is 290 g/mol. The molecule has 1 aromatic rings. The Bertz CT molecular complexity index is 457. The Labute approximate surface area is 110 Å².